The molecule has 0 aromatic rings. The zero-order valence-electron chi connectivity index (χ0n) is 11.3. The van der Waals surface area contributed by atoms with Gasteiger partial charge in [0.25, 0.3) is 0 Å². The normalized spacial score (nSPS) is 21.9. The van der Waals surface area contributed by atoms with Gasteiger partial charge in [0.1, 0.15) is 0 Å². The van der Waals surface area contributed by atoms with Crippen molar-refractivity contribution in [3.63, 3.8) is 0 Å². The number of nitrogens with one attached hydrogen (secondary N) is 2. The molecule has 1 rings (SSSR count). The first-order chi connectivity index (χ1) is 8.99. The van der Waals surface area contributed by atoms with Crippen molar-refractivity contribution >= 4 is 12.0 Å². The fourth-order valence-electron chi connectivity index (χ4n) is 2.06. The molecule has 0 aromatic carbocycles. The molecular weight excluding hydrogens is 248 g/mol. The lowest BCUT2D eigenvalue weighted by atomic mass is 10.1. The largest absolute Gasteiger partial charge is 0.481 e. The molecule has 0 spiro atoms. The van der Waals surface area contributed by atoms with Crippen LogP contribution in [0.3, 0.4) is 0 Å². The van der Waals surface area contributed by atoms with Crippen molar-refractivity contribution in [2.75, 3.05) is 19.8 Å². The number of ether oxygens (including phenoxy) is 1. The van der Waals surface area contributed by atoms with Crippen molar-refractivity contribution in [2.24, 2.45) is 5.92 Å². The maximum absolute atomic E-state index is 11.5. The van der Waals surface area contributed by atoms with Crippen molar-refractivity contribution in [2.45, 2.75) is 32.2 Å². The summed E-state index contributed by atoms with van der Waals surface area (Å²) in [6.07, 6.45) is 1.85. The van der Waals surface area contributed by atoms with Crippen LogP contribution in [-0.4, -0.2) is 42.9 Å². The molecular formula is C13H22N2O4. The summed E-state index contributed by atoms with van der Waals surface area (Å²) >= 11 is 0. The Balaban J connectivity index is 2.08. The Morgan fingerprint density at radius 3 is 2.74 bits per heavy atom. The number of urea groups is 1. The molecule has 1 aliphatic carbocycles. The van der Waals surface area contributed by atoms with Gasteiger partial charge < -0.3 is 20.5 Å². The average molecular weight is 270 g/mol. The van der Waals surface area contributed by atoms with Crippen molar-refractivity contribution in [3.05, 3.63) is 12.2 Å². The van der Waals surface area contributed by atoms with Crippen LogP contribution in [0.4, 0.5) is 4.79 Å². The van der Waals surface area contributed by atoms with Gasteiger partial charge in [0.15, 0.2) is 0 Å². The molecule has 1 saturated carbocycles. The summed E-state index contributed by atoms with van der Waals surface area (Å²) < 4.78 is 5.24. The summed E-state index contributed by atoms with van der Waals surface area (Å²) in [5, 5.41) is 14.3. The van der Waals surface area contributed by atoms with Gasteiger partial charge in [-0.25, -0.2) is 4.79 Å². The Hall–Kier alpha value is -1.56. The lowest BCUT2D eigenvalue weighted by molar-refractivity contribution is -0.141. The van der Waals surface area contributed by atoms with Crippen LogP contribution >= 0.6 is 0 Å². The van der Waals surface area contributed by atoms with Gasteiger partial charge in [-0.1, -0.05) is 12.2 Å². The van der Waals surface area contributed by atoms with Gasteiger partial charge in [-0.05, 0) is 26.2 Å². The summed E-state index contributed by atoms with van der Waals surface area (Å²) in [4.78, 5) is 22.3. The van der Waals surface area contributed by atoms with Gasteiger partial charge in [-0.15, -0.1) is 0 Å². The number of carboxylic acid groups (broad SMARTS) is 1. The molecule has 0 aliphatic heterocycles. The summed E-state index contributed by atoms with van der Waals surface area (Å²) in [6, 6.07) is -0.313. The van der Waals surface area contributed by atoms with E-state index in [1.54, 1.807) is 0 Å². The molecule has 19 heavy (non-hydrogen) atoms. The molecule has 1 aliphatic rings. The highest BCUT2D eigenvalue weighted by Gasteiger charge is 2.30. The van der Waals surface area contributed by atoms with Crippen LogP contribution in [-0.2, 0) is 9.53 Å². The molecule has 0 bridgehead atoms. The second kappa shape index (κ2) is 7.78. The van der Waals surface area contributed by atoms with E-state index in [0.29, 0.717) is 32.6 Å². The van der Waals surface area contributed by atoms with Crippen LogP contribution in [0.25, 0.3) is 0 Å². The topological polar surface area (TPSA) is 87.7 Å². The molecule has 2 atom stereocenters. The van der Waals surface area contributed by atoms with E-state index >= 15 is 0 Å². The van der Waals surface area contributed by atoms with Crippen molar-refractivity contribution in [1.82, 2.24) is 10.6 Å². The number of aliphatic carboxylic acids is 1. The van der Waals surface area contributed by atoms with Crippen LogP contribution in [0, 0.1) is 5.92 Å². The molecule has 6 heteroatoms. The van der Waals surface area contributed by atoms with E-state index in [4.69, 9.17) is 9.84 Å². The fourth-order valence-corrected chi connectivity index (χ4v) is 2.06. The zero-order chi connectivity index (χ0) is 14.3. The van der Waals surface area contributed by atoms with E-state index in [-0.39, 0.29) is 18.0 Å². The molecule has 0 radical (unpaired) electrons. The average Bonchev–Trinajstić information content (AvgIpc) is 2.76. The summed E-state index contributed by atoms with van der Waals surface area (Å²) in [5.74, 6) is -1.11. The van der Waals surface area contributed by atoms with Crippen LogP contribution in [0.1, 0.15) is 26.2 Å². The van der Waals surface area contributed by atoms with Gasteiger partial charge in [-0.3, -0.25) is 4.79 Å². The summed E-state index contributed by atoms with van der Waals surface area (Å²) in [7, 11) is 0. The van der Waals surface area contributed by atoms with Crippen LogP contribution in [0.15, 0.2) is 12.2 Å². The van der Waals surface area contributed by atoms with Crippen LogP contribution < -0.4 is 10.6 Å². The lowest BCUT2D eigenvalue weighted by Crippen LogP contribution is -2.42. The molecule has 6 nitrogen and oxygen atoms in total. The van der Waals surface area contributed by atoms with Gasteiger partial charge in [0.05, 0.1) is 19.1 Å². The van der Waals surface area contributed by atoms with Crippen molar-refractivity contribution in [3.8, 4) is 0 Å². The number of amides is 2. The number of hydrogen-bond donors (Lipinski definition) is 3. The standard InChI is InChI=1S/C13H22N2O4/c1-9(2)8-19-6-5-14-13(18)15-11-4-3-10(7-11)12(16)17/h10-11H,1,3-8H2,2H3,(H,16,17)(H2,14,15,18). The van der Waals surface area contributed by atoms with Gasteiger partial charge in [-0.2, -0.15) is 0 Å². The predicted molar refractivity (Wildman–Crippen MR) is 70.9 cm³/mol. The molecule has 2 amide bonds. The van der Waals surface area contributed by atoms with Gasteiger partial charge in [0, 0.05) is 12.6 Å². The molecule has 108 valence electrons. The highest BCUT2D eigenvalue weighted by molar-refractivity contribution is 5.75. The zero-order valence-corrected chi connectivity index (χ0v) is 11.3. The predicted octanol–water partition coefficient (Wildman–Crippen LogP) is 1.13. The van der Waals surface area contributed by atoms with E-state index in [1.807, 2.05) is 6.92 Å². The van der Waals surface area contributed by atoms with E-state index in [1.165, 1.54) is 0 Å². The SMILES string of the molecule is C=C(C)COCCNC(=O)NC1CCC(C(=O)O)C1. The quantitative estimate of drug-likeness (QED) is 0.478. The number of carbonyl (C=O) groups excluding carboxylic acids is 1. The Bertz CT molecular complexity index is 344. The summed E-state index contributed by atoms with van der Waals surface area (Å²) in [5.41, 5.74) is 0.940. The maximum Gasteiger partial charge on any atom is 0.315 e. The third kappa shape index (κ3) is 6.24. The first-order valence-electron chi connectivity index (χ1n) is 6.48. The van der Waals surface area contributed by atoms with Crippen LogP contribution in [0.2, 0.25) is 0 Å². The molecule has 2 unspecified atom stereocenters. The van der Waals surface area contributed by atoms with Crippen LogP contribution in [0.5, 0.6) is 0 Å². The number of carboxylic acids is 1. The summed E-state index contributed by atoms with van der Waals surface area (Å²) in [6.45, 7) is 6.93. The molecule has 0 heterocycles. The maximum atomic E-state index is 11.5. The van der Waals surface area contributed by atoms with Crippen molar-refractivity contribution < 1.29 is 19.4 Å². The molecule has 1 fully saturated rings. The second-order valence-corrected chi connectivity index (χ2v) is 4.96. The lowest BCUT2D eigenvalue weighted by Gasteiger charge is -2.13. The third-order valence-electron chi connectivity index (χ3n) is 3.00. The van der Waals surface area contributed by atoms with E-state index in [2.05, 4.69) is 17.2 Å². The Labute approximate surface area is 113 Å². The third-order valence-corrected chi connectivity index (χ3v) is 3.00. The minimum Gasteiger partial charge on any atom is -0.481 e. The Morgan fingerprint density at radius 2 is 2.16 bits per heavy atom. The first-order valence-corrected chi connectivity index (χ1v) is 6.48. The Morgan fingerprint density at radius 1 is 1.42 bits per heavy atom. The van der Waals surface area contributed by atoms with E-state index in [9.17, 15) is 9.59 Å². The Kier molecular flexibility index (Phi) is 6.35. The van der Waals surface area contributed by atoms with Crippen molar-refractivity contribution in [1.29, 1.82) is 0 Å². The number of hydrogen-bond acceptors (Lipinski definition) is 3. The van der Waals surface area contributed by atoms with E-state index in [0.717, 1.165) is 12.0 Å². The van der Waals surface area contributed by atoms with Gasteiger partial charge in [0.2, 0.25) is 0 Å². The van der Waals surface area contributed by atoms with E-state index < -0.39 is 5.97 Å². The van der Waals surface area contributed by atoms with Gasteiger partial charge >= 0.3 is 12.0 Å². The molecule has 0 aromatic heterocycles. The number of carbonyl (C=O) groups is 2. The minimum absolute atomic E-state index is 0.0440. The smallest absolute Gasteiger partial charge is 0.315 e. The first kappa shape index (κ1) is 15.5. The minimum atomic E-state index is -0.780. The highest BCUT2D eigenvalue weighted by Crippen LogP contribution is 2.25. The monoisotopic (exact) mass is 270 g/mol. The number of rotatable bonds is 7. The second-order valence-electron chi connectivity index (χ2n) is 4.96. The molecule has 3 N–H and O–H groups in total. The highest BCUT2D eigenvalue weighted by atomic mass is 16.5. The fraction of sp³-hybridized carbons (Fsp3) is 0.692. The molecule has 0 saturated heterocycles.